The summed E-state index contributed by atoms with van der Waals surface area (Å²) in [5.74, 6) is -0.844. The molecule has 2 saturated heterocycles. The first kappa shape index (κ1) is 39.1. The van der Waals surface area contributed by atoms with Gasteiger partial charge in [0.05, 0.1) is 50.9 Å². The Balaban J connectivity index is 1.25. The summed E-state index contributed by atoms with van der Waals surface area (Å²) >= 11 is 1.46. The Bertz CT molecular complexity index is 2240. The van der Waals surface area contributed by atoms with E-state index in [0.717, 1.165) is 76.4 Å². The smallest absolute Gasteiger partial charge is 0.326 e. The molecule has 3 aromatic heterocycles. The highest BCUT2D eigenvalue weighted by Crippen LogP contribution is 2.43. The van der Waals surface area contributed by atoms with Crippen molar-refractivity contribution in [3.05, 3.63) is 68.7 Å². The molecule has 4 aliphatic rings. The number of amides is 2. The molecule has 302 valence electrons. The molecule has 57 heavy (non-hydrogen) atoms. The molecular formula is C42H54N9O5S+. The van der Waals surface area contributed by atoms with Gasteiger partial charge in [0.25, 0.3) is 5.91 Å². The van der Waals surface area contributed by atoms with Crippen LogP contribution in [0, 0.1) is 16.2 Å². The van der Waals surface area contributed by atoms with Gasteiger partial charge in [0.2, 0.25) is 10.8 Å². The molecule has 2 amide bonds. The van der Waals surface area contributed by atoms with Crippen LogP contribution in [0.25, 0.3) is 33.4 Å². The number of fused-ring (bicyclic) bond motifs is 6. The van der Waals surface area contributed by atoms with E-state index in [0.29, 0.717) is 48.0 Å². The number of rotatable bonds is 6. The maximum Gasteiger partial charge on any atom is 0.326 e. The summed E-state index contributed by atoms with van der Waals surface area (Å²) < 4.78 is 2.31. The Labute approximate surface area is 337 Å². The van der Waals surface area contributed by atoms with Gasteiger partial charge in [0.1, 0.15) is 6.04 Å². The Hall–Kier alpha value is -4.70. The van der Waals surface area contributed by atoms with Crippen LogP contribution in [0.4, 0.5) is 5.69 Å². The third-order valence-electron chi connectivity index (χ3n) is 11.8. The van der Waals surface area contributed by atoms with Crippen LogP contribution < -0.4 is 15.6 Å². The van der Waals surface area contributed by atoms with Crippen LogP contribution in [0.5, 0.6) is 0 Å². The van der Waals surface area contributed by atoms with Crippen molar-refractivity contribution in [3.63, 3.8) is 0 Å². The normalized spacial score (nSPS) is 23.5. The molecule has 6 bridgehead atoms. The van der Waals surface area contributed by atoms with Gasteiger partial charge < -0.3 is 24.8 Å². The number of pyridine rings is 1. The third-order valence-corrected chi connectivity index (χ3v) is 12.6. The van der Waals surface area contributed by atoms with Gasteiger partial charge in [-0.05, 0) is 64.4 Å². The number of carbonyl (C=O) groups is 2. The Morgan fingerprint density at radius 1 is 1.19 bits per heavy atom. The quantitative estimate of drug-likeness (QED) is 0.228. The van der Waals surface area contributed by atoms with E-state index >= 15 is 0 Å². The summed E-state index contributed by atoms with van der Waals surface area (Å²) in [6.45, 7) is 14.9. The zero-order valence-electron chi connectivity index (χ0n) is 33.7. The SMILES string of the molecule is CCn1c(-c2cc(N3CCN(C)CC3)cnc2[C@H](C)O)c2c3cc(ccc31)-c1csc(n1)C[C@H](NC(=O)[C@H]1C=C1C)C(=O)N1CCC[C@H](N1)[N+](=O)OCC(C)(C)C2. The molecule has 3 N–H and O–H groups in total. The first-order valence-electron chi connectivity index (χ1n) is 20.2. The Morgan fingerprint density at radius 3 is 2.68 bits per heavy atom. The lowest BCUT2D eigenvalue weighted by atomic mass is 9.84. The summed E-state index contributed by atoms with van der Waals surface area (Å²) in [5, 5.41) is 19.4. The molecule has 8 rings (SSSR count). The molecule has 3 aliphatic heterocycles. The molecule has 4 atom stereocenters. The van der Waals surface area contributed by atoms with Crippen LogP contribution in [0.1, 0.15) is 69.8 Å². The first-order valence-corrected chi connectivity index (χ1v) is 21.1. The van der Waals surface area contributed by atoms with Crippen LogP contribution in [0.3, 0.4) is 0 Å². The highest BCUT2D eigenvalue weighted by atomic mass is 32.1. The lowest BCUT2D eigenvalue weighted by Crippen LogP contribution is -2.60. The molecule has 6 heterocycles. The fourth-order valence-electron chi connectivity index (χ4n) is 8.42. The number of nitrogens with zero attached hydrogens (tertiary/aromatic N) is 7. The van der Waals surface area contributed by atoms with Crippen molar-refractivity contribution in [1.29, 1.82) is 0 Å². The second-order valence-corrected chi connectivity index (χ2v) is 17.8. The molecule has 15 heteroatoms. The van der Waals surface area contributed by atoms with Crippen LogP contribution in [-0.2, 0) is 33.8 Å². The molecule has 1 aliphatic carbocycles. The van der Waals surface area contributed by atoms with Crippen LogP contribution in [-0.4, -0.2) is 105 Å². The molecule has 1 aromatic carbocycles. The third kappa shape index (κ3) is 7.94. The predicted molar refractivity (Wildman–Crippen MR) is 220 cm³/mol. The number of aromatic nitrogens is 3. The van der Waals surface area contributed by atoms with Crippen molar-refractivity contribution in [1.82, 2.24) is 35.2 Å². The standard InChI is InChI=1S/C42H53N9O5S/c1-7-49-35-11-10-27-18-30(35)32(39(49)31-19-28(22-43-38(31)26(3)52)48-15-13-47(6)14-16-48)21-42(4,5)24-56-51(55)36-9-8-12-50(46-36)41(54)33(20-37-44-34(27)23-57-37)45-40(53)29-17-25(29)2/h10-11,17-19,22-23,26,29,33,36,46,52H,7-9,12-16,20-21,24H2,1-6H3/p+1/t26-,29-,33-,36+/m0/s1. The van der Waals surface area contributed by atoms with Crippen molar-refractivity contribution in [2.75, 3.05) is 51.3 Å². The van der Waals surface area contributed by atoms with Crippen molar-refractivity contribution in [3.8, 4) is 22.5 Å². The van der Waals surface area contributed by atoms with Crippen LogP contribution in [0.15, 0.2) is 47.5 Å². The average Bonchev–Trinajstić information content (AvgIpc) is 3.62. The number of aliphatic hydroxyl groups excluding tert-OH is 1. The molecule has 2 fully saturated rings. The van der Waals surface area contributed by atoms with Crippen molar-refractivity contribution < 1.29 is 24.5 Å². The largest absolute Gasteiger partial charge is 0.387 e. The number of thiazole rings is 1. The number of anilines is 1. The number of likely N-dealkylation sites (N-methyl/N-ethyl adjacent to an activating group) is 1. The van der Waals surface area contributed by atoms with E-state index < -0.39 is 23.7 Å². The van der Waals surface area contributed by atoms with E-state index in [4.69, 9.17) is 14.8 Å². The maximum atomic E-state index is 14.1. The number of aryl methyl sites for hydroxylation is 1. The Morgan fingerprint density at radius 2 is 1.96 bits per heavy atom. The lowest BCUT2D eigenvalue weighted by molar-refractivity contribution is -0.835. The molecular weight excluding hydrogens is 743 g/mol. The highest BCUT2D eigenvalue weighted by molar-refractivity contribution is 7.10. The van der Waals surface area contributed by atoms with Gasteiger partial charge in [0, 0.05) is 84.9 Å². The average molecular weight is 797 g/mol. The predicted octanol–water partition coefficient (Wildman–Crippen LogP) is 5.00. The number of hydrazine groups is 1. The van der Waals surface area contributed by atoms with E-state index in [-0.39, 0.29) is 30.8 Å². The molecule has 0 unspecified atom stereocenters. The minimum Gasteiger partial charge on any atom is -0.387 e. The van der Waals surface area contributed by atoms with Gasteiger partial charge in [-0.2, -0.15) is 5.43 Å². The first-order chi connectivity index (χ1) is 27.3. The zero-order chi connectivity index (χ0) is 40.2. The molecule has 14 nitrogen and oxygen atoms in total. The van der Waals surface area contributed by atoms with E-state index in [1.165, 1.54) is 16.3 Å². The zero-order valence-corrected chi connectivity index (χ0v) is 34.6. The molecule has 4 aromatic rings. The monoisotopic (exact) mass is 796 g/mol. The Kier molecular flexibility index (Phi) is 10.7. The van der Waals surface area contributed by atoms with Gasteiger partial charge in [0.15, 0.2) is 6.61 Å². The van der Waals surface area contributed by atoms with Crippen molar-refractivity contribution >= 4 is 39.7 Å². The second kappa shape index (κ2) is 15.6. The summed E-state index contributed by atoms with van der Waals surface area (Å²) in [6, 6.07) is 7.72. The maximum absolute atomic E-state index is 14.1. The number of benzene rings is 1. The fourth-order valence-corrected chi connectivity index (χ4v) is 9.27. The van der Waals surface area contributed by atoms with Gasteiger partial charge in [-0.25, -0.2) is 9.82 Å². The van der Waals surface area contributed by atoms with E-state index in [1.54, 1.807) is 6.92 Å². The number of hydrogen-bond donors (Lipinski definition) is 3. The van der Waals surface area contributed by atoms with Gasteiger partial charge in [-0.1, -0.05) is 31.6 Å². The van der Waals surface area contributed by atoms with E-state index in [2.05, 4.69) is 77.2 Å². The van der Waals surface area contributed by atoms with Crippen molar-refractivity contribution in [2.24, 2.45) is 11.3 Å². The van der Waals surface area contributed by atoms with Gasteiger partial charge in [-0.3, -0.25) is 19.6 Å². The van der Waals surface area contributed by atoms with Crippen molar-refractivity contribution in [2.45, 2.75) is 85.2 Å². The van der Waals surface area contributed by atoms with E-state index in [1.807, 2.05) is 24.6 Å². The summed E-state index contributed by atoms with van der Waals surface area (Å²) in [5.41, 5.74) is 10.9. The van der Waals surface area contributed by atoms with E-state index in [9.17, 15) is 19.6 Å². The summed E-state index contributed by atoms with van der Waals surface area (Å²) in [6.07, 6.45) is 4.01. The second-order valence-electron chi connectivity index (χ2n) is 16.9. The minimum absolute atomic E-state index is 0.116. The van der Waals surface area contributed by atoms with Crippen LogP contribution >= 0.6 is 11.3 Å². The topological polar surface area (TPSA) is 148 Å². The fraction of sp³-hybridized carbons (Fsp3) is 0.524. The lowest BCUT2D eigenvalue weighted by Gasteiger charge is -2.34. The number of aliphatic hydroxyl groups is 1. The number of nitrogens with one attached hydrogen (secondary N) is 2. The van der Waals surface area contributed by atoms with Gasteiger partial charge >= 0.3 is 6.17 Å². The number of carbonyl (C=O) groups excluding carboxylic acids is 2. The number of piperazine rings is 1. The summed E-state index contributed by atoms with van der Waals surface area (Å²) in [7, 11) is 2.14. The minimum atomic E-state index is -0.878. The molecule has 0 saturated carbocycles. The summed E-state index contributed by atoms with van der Waals surface area (Å²) in [4.78, 5) is 62.1. The molecule has 0 spiro atoms. The van der Waals surface area contributed by atoms with Gasteiger partial charge in [-0.15, -0.1) is 11.3 Å². The highest BCUT2D eigenvalue weighted by Gasteiger charge is 2.40. The molecule has 0 radical (unpaired) electrons. The number of hydrogen-bond acceptors (Lipinski definition) is 11. The van der Waals surface area contributed by atoms with Crippen LogP contribution in [0.2, 0.25) is 0 Å².